The van der Waals surface area contributed by atoms with Crippen molar-refractivity contribution in [1.29, 1.82) is 0 Å². The number of hydrogen-bond donors (Lipinski definition) is 1. The van der Waals surface area contributed by atoms with Crippen LogP contribution in [0.15, 0.2) is 17.1 Å². The molecular formula is C13H20N2S2. The Morgan fingerprint density at radius 2 is 2.12 bits per heavy atom. The molecule has 1 fully saturated rings. The molecule has 0 unspecified atom stereocenters. The second-order valence-electron chi connectivity index (χ2n) is 4.95. The van der Waals surface area contributed by atoms with Gasteiger partial charge in [0.1, 0.15) is 0 Å². The van der Waals surface area contributed by atoms with Gasteiger partial charge in [0.25, 0.3) is 0 Å². The lowest BCUT2D eigenvalue weighted by Gasteiger charge is -2.32. The molecule has 2 rings (SSSR count). The van der Waals surface area contributed by atoms with Crippen molar-refractivity contribution in [2.75, 3.05) is 5.75 Å². The van der Waals surface area contributed by atoms with E-state index in [9.17, 15) is 0 Å². The molecule has 17 heavy (non-hydrogen) atoms. The number of thiophene rings is 1. The minimum Gasteiger partial charge on any atom is -0.360 e. The second kappa shape index (κ2) is 5.44. The Morgan fingerprint density at radius 1 is 1.35 bits per heavy atom. The van der Waals surface area contributed by atoms with Crippen LogP contribution in [0.25, 0.3) is 0 Å². The van der Waals surface area contributed by atoms with Gasteiger partial charge in [-0.3, -0.25) is 4.99 Å². The predicted octanol–water partition coefficient (Wildman–Crippen LogP) is 3.67. The van der Waals surface area contributed by atoms with Gasteiger partial charge < -0.3 is 5.32 Å². The summed E-state index contributed by atoms with van der Waals surface area (Å²) in [6.07, 6.45) is 2.33. The maximum atomic E-state index is 4.68. The van der Waals surface area contributed by atoms with Crippen LogP contribution < -0.4 is 5.32 Å². The lowest BCUT2D eigenvalue weighted by molar-refractivity contribution is 0.446. The maximum Gasteiger partial charge on any atom is 0.157 e. The van der Waals surface area contributed by atoms with Crippen molar-refractivity contribution in [2.24, 2.45) is 4.99 Å². The van der Waals surface area contributed by atoms with Gasteiger partial charge in [-0.25, -0.2) is 0 Å². The van der Waals surface area contributed by atoms with Crippen molar-refractivity contribution >= 4 is 28.3 Å². The topological polar surface area (TPSA) is 24.4 Å². The minimum absolute atomic E-state index is 0.202. The molecule has 1 aliphatic rings. The summed E-state index contributed by atoms with van der Waals surface area (Å²) in [5.74, 6) is 1.17. The monoisotopic (exact) mass is 268 g/mol. The van der Waals surface area contributed by atoms with Crippen molar-refractivity contribution in [3.05, 3.63) is 21.9 Å². The van der Waals surface area contributed by atoms with E-state index in [0.29, 0.717) is 0 Å². The molecule has 2 heterocycles. The molecule has 2 nitrogen and oxygen atoms in total. The van der Waals surface area contributed by atoms with E-state index in [2.05, 4.69) is 43.2 Å². The van der Waals surface area contributed by atoms with E-state index >= 15 is 0 Å². The Hall–Kier alpha value is -0.480. The van der Waals surface area contributed by atoms with Crippen molar-refractivity contribution in [3.63, 3.8) is 0 Å². The van der Waals surface area contributed by atoms with E-state index < -0.39 is 0 Å². The first-order valence-corrected chi connectivity index (χ1v) is 7.92. The Labute approximate surface area is 112 Å². The van der Waals surface area contributed by atoms with Crippen molar-refractivity contribution in [1.82, 2.24) is 5.32 Å². The normalized spacial score (nSPS) is 21.5. The zero-order valence-corrected chi connectivity index (χ0v) is 12.4. The molecule has 0 aliphatic carbocycles. The van der Waals surface area contributed by atoms with Gasteiger partial charge in [-0.15, -0.1) is 11.3 Å². The summed E-state index contributed by atoms with van der Waals surface area (Å²) in [5, 5.41) is 4.61. The molecule has 1 saturated heterocycles. The van der Waals surface area contributed by atoms with Gasteiger partial charge in [-0.05, 0) is 38.8 Å². The molecule has 0 aromatic carbocycles. The predicted molar refractivity (Wildman–Crippen MR) is 79.1 cm³/mol. The smallest absolute Gasteiger partial charge is 0.157 e. The van der Waals surface area contributed by atoms with Gasteiger partial charge in [0.2, 0.25) is 0 Å². The van der Waals surface area contributed by atoms with E-state index in [1.54, 1.807) is 0 Å². The zero-order valence-electron chi connectivity index (χ0n) is 10.7. The van der Waals surface area contributed by atoms with Gasteiger partial charge in [0.15, 0.2) is 5.17 Å². The SMILES string of the molecule is CCc1ccc(CN=C2NC(C)(C)CCS2)s1. The fourth-order valence-electron chi connectivity index (χ4n) is 1.72. The van der Waals surface area contributed by atoms with E-state index in [4.69, 9.17) is 0 Å². The molecule has 1 aromatic heterocycles. The largest absolute Gasteiger partial charge is 0.360 e. The summed E-state index contributed by atoms with van der Waals surface area (Å²) in [6, 6.07) is 4.41. The van der Waals surface area contributed by atoms with Crippen LogP contribution in [0.2, 0.25) is 0 Å². The molecule has 0 atom stereocenters. The van der Waals surface area contributed by atoms with Crippen LogP contribution >= 0.6 is 23.1 Å². The number of nitrogens with one attached hydrogen (secondary N) is 1. The van der Waals surface area contributed by atoms with Gasteiger partial charge in [-0.2, -0.15) is 0 Å². The number of aliphatic imine (C=N–C) groups is 1. The highest BCUT2D eigenvalue weighted by molar-refractivity contribution is 8.13. The lowest BCUT2D eigenvalue weighted by Crippen LogP contribution is -2.46. The molecule has 0 radical (unpaired) electrons. The average molecular weight is 268 g/mol. The van der Waals surface area contributed by atoms with Crippen LogP contribution in [0.3, 0.4) is 0 Å². The number of hydrogen-bond acceptors (Lipinski definition) is 3. The molecule has 0 bridgehead atoms. The number of thioether (sulfide) groups is 1. The fourth-order valence-corrected chi connectivity index (χ4v) is 3.92. The lowest BCUT2D eigenvalue weighted by atomic mass is 10.0. The van der Waals surface area contributed by atoms with E-state index in [1.807, 2.05) is 23.1 Å². The highest BCUT2D eigenvalue weighted by Crippen LogP contribution is 2.23. The first-order chi connectivity index (χ1) is 8.09. The van der Waals surface area contributed by atoms with Crippen molar-refractivity contribution in [2.45, 2.75) is 45.7 Å². The molecule has 4 heteroatoms. The van der Waals surface area contributed by atoms with Gasteiger partial charge in [0.05, 0.1) is 6.54 Å². The highest BCUT2D eigenvalue weighted by Gasteiger charge is 2.23. The molecule has 0 amide bonds. The number of amidine groups is 1. The summed E-state index contributed by atoms with van der Waals surface area (Å²) in [7, 11) is 0. The van der Waals surface area contributed by atoms with Crippen LogP contribution in [0.1, 0.15) is 36.9 Å². The molecule has 94 valence electrons. The molecule has 1 N–H and O–H groups in total. The molecule has 0 saturated carbocycles. The van der Waals surface area contributed by atoms with Gasteiger partial charge >= 0.3 is 0 Å². The quantitative estimate of drug-likeness (QED) is 0.904. The maximum absolute atomic E-state index is 4.68. The third-order valence-corrected chi connectivity index (χ3v) is 4.98. The summed E-state index contributed by atoms with van der Waals surface area (Å²) in [4.78, 5) is 7.49. The van der Waals surface area contributed by atoms with Crippen LogP contribution in [0.5, 0.6) is 0 Å². The molecular weight excluding hydrogens is 248 g/mol. The van der Waals surface area contributed by atoms with E-state index in [0.717, 1.165) is 18.1 Å². The third kappa shape index (κ3) is 3.75. The van der Waals surface area contributed by atoms with Gasteiger partial charge in [-0.1, -0.05) is 18.7 Å². The summed E-state index contributed by atoms with van der Waals surface area (Å²) >= 11 is 3.72. The van der Waals surface area contributed by atoms with Crippen LogP contribution in [-0.4, -0.2) is 16.5 Å². The Balaban J connectivity index is 1.95. The minimum atomic E-state index is 0.202. The Bertz CT molecular complexity index is 407. The first kappa shape index (κ1) is 13.0. The van der Waals surface area contributed by atoms with Crippen LogP contribution in [0, 0.1) is 0 Å². The van der Waals surface area contributed by atoms with E-state index in [1.165, 1.54) is 21.9 Å². The number of nitrogens with zero attached hydrogens (tertiary/aromatic N) is 1. The first-order valence-electron chi connectivity index (χ1n) is 6.12. The Morgan fingerprint density at radius 3 is 2.76 bits per heavy atom. The molecule has 0 spiro atoms. The van der Waals surface area contributed by atoms with Crippen molar-refractivity contribution in [3.8, 4) is 0 Å². The fraction of sp³-hybridized carbons (Fsp3) is 0.615. The molecule has 1 aliphatic heterocycles. The standard InChI is InChI=1S/C13H20N2S2/c1-4-10-5-6-11(17-10)9-14-12-15-13(2,3)7-8-16-12/h5-6H,4,7-9H2,1-3H3,(H,14,15). The average Bonchev–Trinajstić information content (AvgIpc) is 2.73. The third-order valence-electron chi connectivity index (χ3n) is 2.86. The highest BCUT2D eigenvalue weighted by atomic mass is 32.2. The van der Waals surface area contributed by atoms with Crippen molar-refractivity contribution < 1.29 is 0 Å². The summed E-state index contributed by atoms with van der Waals surface area (Å²) in [6.45, 7) is 7.49. The van der Waals surface area contributed by atoms with Crippen LogP contribution in [0.4, 0.5) is 0 Å². The molecule has 1 aromatic rings. The van der Waals surface area contributed by atoms with Gasteiger partial charge in [0, 0.05) is 21.0 Å². The number of aryl methyl sites for hydroxylation is 1. The summed E-state index contributed by atoms with van der Waals surface area (Å²) < 4.78 is 0. The number of rotatable bonds is 3. The Kier molecular flexibility index (Phi) is 4.15. The summed E-state index contributed by atoms with van der Waals surface area (Å²) in [5.41, 5.74) is 0.202. The van der Waals surface area contributed by atoms with Crippen LogP contribution in [-0.2, 0) is 13.0 Å². The zero-order chi connectivity index (χ0) is 12.3. The second-order valence-corrected chi connectivity index (χ2v) is 7.29. The van der Waals surface area contributed by atoms with E-state index in [-0.39, 0.29) is 5.54 Å².